The first-order valence-corrected chi connectivity index (χ1v) is 13.2. The summed E-state index contributed by atoms with van der Waals surface area (Å²) in [5, 5.41) is 26.1. The Hall–Kier alpha value is -4.06. The van der Waals surface area contributed by atoms with Crippen molar-refractivity contribution >= 4 is 35.5 Å². The molecule has 1 aliphatic rings. The third-order valence-corrected chi connectivity index (χ3v) is 6.41. The number of rotatable bonds is 16. The lowest BCUT2D eigenvalue weighted by Gasteiger charge is -2.25. The second-order valence-corrected chi connectivity index (χ2v) is 9.64. The van der Waals surface area contributed by atoms with Gasteiger partial charge in [0.25, 0.3) is 0 Å². The van der Waals surface area contributed by atoms with Crippen LogP contribution in [0.4, 0.5) is 17.5 Å². The van der Waals surface area contributed by atoms with Crippen LogP contribution in [-0.2, 0) is 22.4 Å². The number of carboxylic acid groups (broad SMARTS) is 1. The van der Waals surface area contributed by atoms with Crippen molar-refractivity contribution in [2.75, 3.05) is 56.2 Å². The van der Waals surface area contributed by atoms with Crippen molar-refractivity contribution in [1.29, 1.82) is 5.41 Å². The van der Waals surface area contributed by atoms with Crippen LogP contribution in [0.5, 0.6) is 0 Å². The molecule has 0 saturated heterocycles. The number of hydrogen-bond acceptors (Lipinski definition) is 10. The summed E-state index contributed by atoms with van der Waals surface area (Å²) in [6.45, 7) is 2.29. The van der Waals surface area contributed by atoms with Crippen LogP contribution in [0.2, 0.25) is 0 Å². The third-order valence-electron chi connectivity index (χ3n) is 6.41. The Labute approximate surface area is 229 Å². The Morgan fingerprint density at radius 3 is 2.79 bits per heavy atom. The molecule has 39 heavy (non-hydrogen) atoms. The second-order valence-electron chi connectivity index (χ2n) is 9.64. The zero-order valence-electron chi connectivity index (χ0n) is 22.7. The molecular weight excluding hydrogens is 498 g/mol. The second kappa shape index (κ2) is 15.4. The van der Waals surface area contributed by atoms with Gasteiger partial charge in [0.2, 0.25) is 5.91 Å². The number of unbranched alkanes of at least 4 members (excludes halogenated alkanes) is 1. The molecule has 3 rings (SSSR count). The summed E-state index contributed by atoms with van der Waals surface area (Å²) in [5.74, 6) is 0.807. The first-order valence-electron chi connectivity index (χ1n) is 13.2. The van der Waals surface area contributed by atoms with Crippen LogP contribution in [-0.4, -0.2) is 94.3 Å². The van der Waals surface area contributed by atoms with E-state index in [2.05, 4.69) is 38.1 Å². The molecule has 12 nitrogen and oxygen atoms in total. The summed E-state index contributed by atoms with van der Waals surface area (Å²) in [5.41, 5.74) is 2.33. The predicted octanol–water partition coefficient (Wildman–Crippen LogP) is 2.47. The van der Waals surface area contributed by atoms with E-state index in [0.717, 1.165) is 56.4 Å². The zero-order chi connectivity index (χ0) is 28.0. The smallest absolute Gasteiger partial charge is 0.326 e. The van der Waals surface area contributed by atoms with Crippen molar-refractivity contribution in [3.05, 3.63) is 48.1 Å². The SMILES string of the molecule is CN(C)C(=O)CN(CCCCc1ccc2c(n1)NCCC2)CC[C@H](Nc1cc(N/C=C\C=N)ncn1)C(=O)O. The molecule has 0 saturated carbocycles. The highest BCUT2D eigenvalue weighted by Crippen LogP contribution is 2.20. The maximum Gasteiger partial charge on any atom is 0.326 e. The van der Waals surface area contributed by atoms with Gasteiger partial charge >= 0.3 is 5.97 Å². The summed E-state index contributed by atoms with van der Waals surface area (Å²) in [4.78, 5) is 41.0. The molecule has 0 radical (unpaired) electrons. The molecule has 0 bridgehead atoms. The standard InChI is InChI=1S/C27H39N9O3/c1-35(2)25(37)18-36(15-4-3-8-21-10-9-20-7-5-13-30-26(20)33-21)16-11-22(27(38)39)34-24-17-23(31-19-32-24)29-14-6-12-28/h6,9-10,12,14,17,19,22,28H,3-5,7-8,11,13,15-16,18H2,1-2H3,(H,30,33)(H,38,39)(H2,29,31,32,34)/b14-6-,28-12?/t22-/m0/s1. The molecule has 210 valence electrons. The lowest BCUT2D eigenvalue weighted by molar-refractivity contribution is -0.138. The lowest BCUT2D eigenvalue weighted by atomic mass is 10.1. The number of aryl methyl sites for hydroxylation is 2. The molecular formula is C27H39N9O3. The van der Waals surface area contributed by atoms with Crippen molar-refractivity contribution in [2.45, 2.75) is 44.6 Å². The topological polar surface area (TPSA) is 159 Å². The molecule has 5 N–H and O–H groups in total. The van der Waals surface area contributed by atoms with Gasteiger partial charge in [0.15, 0.2) is 0 Å². The van der Waals surface area contributed by atoms with Crippen LogP contribution >= 0.6 is 0 Å². The summed E-state index contributed by atoms with van der Waals surface area (Å²) in [7, 11) is 3.44. The Morgan fingerprint density at radius 2 is 2.03 bits per heavy atom. The van der Waals surface area contributed by atoms with Gasteiger partial charge in [-0.3, -0.25) is 9.69 Å². The van der Waals surface area contributed by atoms with Crippen LogP contribution in [0, 0.1) is 5.41 Å². The van der Waals surface area contributed by atoms with E-state index in [4.69, 9.17) is 10.4 Å². The molecule has 3 heterocycles. The number of carbonyl (C=O) groups excluding carboxylic acids is 1. The number of carboxylic acids is 1. The van der Waals surface area contributed by atoms with Crippen LogP contribution in [0.3, 0.4) is 0 Å². The van der Waals surface area contributed by atoms with Crippen LogP contribution in [0.1, 0.15) is 36.9 Å². The Morgan fingerprint density at radius 1 is 1.21 bits per heavy atom. The molecule has 1 aliphatic heterocycles. The van der Waals surface area contributed by atoms with E-state index in [1.165, 1.54) is 18.0 Å². The van der Waals surface area contributed by atoms with Gasteiger partial charge in [-0.25, -0.2) is 19.7 Å². The van der Waals surface area contributed by atoms with Crippen LogP contribution in [0.15, 0.2) is 36.8 Å². The fourth-order valence-electron chi connectivity index (χ4n) is 4.20. The van der Waals surface area contributed by atoms with Gasteiger partial charge in [-0.15, -0.1) is 0 Å². The monoisotopic (exact) mass is 537 g/mol. The molecule has 2 aromatic rings. The maximum absolute atomic E-state index is 12.5. The van der Waals surface area contributed by atoms with Gasteiger partial charge in [-0.05, 0) is 62.8 Å². The number of amides is 1. The highest BCUT2D eigenvalue weighted by molar-refractivity contribution is 5.78. The Balaban J connectivity index is 1.54. The van der Waals surface area contributed by atoms with Gasteiger partial charge in [-0.2, -0.15) is 0 Å². The fourth-order valence-corrected chi connectivity index (χ4v) is 4.20. The molecule has 0 aromatic carbocycles. The molecule has 0 spiro atoms. The number of aromatic nitrogens is 3. The van der Waals surface area contributed by atoms with E-state index in [1.807, 2.05) is 4.90 Å². The van der Waals surface area contributed by atoms with Gasteiger partial charge < -0.3 is 31.4 Å². The van der Waals surface area contributed by atoms with E-state index >= 15 is 0 Å². The highest BCUT2D eigenvalue weighted by atomic mass is 16.4. The molecule has 0 aliphatic carbocycles. The number of hydrogen-bond donors (Lipinski definition) is 5. The molecule has 12 heteroatoms. The Bertz CT molecular complexity index is 1140. The number of carbonyl (C=O) groups is 2. The number of pyridine rings is 1. The third kappa shape index (κ3) is 9.97. The minimum absolute atomic E-state index is 0.0262. The average Bonchev–Trinajstić information content (AvgIpc) is 2.93. The number of fused-ring (bicyclic) bond motifs is 1. The van der Waals surface area contributed by atoms with Gasteiger partial charge in [0.1, 0.15) is 29.8 Å². The van der Waals surface area contributed by atoms with Crippen molar-refractivity contribution in [3.8, 4) is 0 Å². The van der Waals surface area contributed by atoms with E-state index in [1.54, 1.807) is 31.3 Å². The summed E-state index contributed by atoms with van der Waals surface area (Å²) in [6, 6.07) is 4.96. The normalized spacial score (nSPS) is 13.4. The highest BCUT2D eigenvalue weighted by Gasteiger charge is 2.21. The summed E-state index contributed by atoms with van der Waals surface area (Å²) < 4.78 is 0. The van der Waals surface area contributed by atoms with Gasteiger partial charge in [0.05, 0.1) is 6.54 Å². The number of anilines is 3. The number of nitrogens with one attached hydrogen (secondary N) is 4. The molecule has 2 aromatic heterocycles. The predicted molar refractivity (Wildman–Crippen MR) is 152 cm³/mol. The van der Waals surface area contributed by atoms with E-state index in [0.29, 0.717) is 24.7 Å². The molecule has 1 amide bonds. The molecule has 1 atom stereocenters. The lowest BCUT2D eigenvalue weighted by Crippen LogP contribution is -2.40. The number of allylic oxidation sites excluding steroid dienone is 1. The number of likely N-dealkylation sites (N-methyl/N-ethyl adjacent to an activating group) is 1. The minimum Gasteiger partial charge on any atom is -0.480 e. The quantitative estimate of drug-likeness (QED) is 0.159. The van der Waals surface area contributed by atoms with Gasteiger partial charge in [-0.1, -0.05) is 6.07 Å². The Kier molecular flexibility index (Phi) is 11.6. The maximum atomic E-state index is 12.5. The zero-order valence-corrected chi connectivity index (χ0v) is 22.7. The summed E-state index contributed by atoms with van der Waals surface area (Å²) >= 11 is 0. The van der Waals surface area contributed by atoms with Crippen molar-refractivity contribution in [1.82, 2.24) is 24.8 Å². The average molecular weight is 538 g/mol. The van der Waals surface area contributed by atoms with E-state index in [9.17, 15) is 14.7 Å². The minimum atomic E-state index is -1.00. The largest absolute Gasteiger partial charge is 0.480 e. The van der Waals surface area contributed by atoms with Crippen molar-refractivity contribution < 1.29 is 14.7 Å². The summed E-state index contributed by atoms with van der Waals surface area (Å²) in [6.07, 6.45) is 10.6. The number of aliphatic carboxylic acids is 1. The number of nitrogens with zero attached hydrogens (tertiary/aromatic N) is 5. The van der Waals surface area contributed by atoms with E-state index in [-0.39, 0.29) is 18.9 Å². The molecule has 0 unspecified atom stereocenters. The molecule has 0 fully saturated rings. The van der Waals surface area contributed by atoms with Gasteiger partial charge in [0, 0.05) is 51.4 Å². The fraction of sp³-hybridized carbons (Fsp3) is 0.481. The van der Waals surface area contributed by atoms with Crippen LogP contribution < -0.4 is 16.0 Å². The first-order chi connectivity index (χ1) is 18.9. The van der Waals surface area contributed by atoms with Crippen molar-refractivity contribution in [3.63, 3.8) is 0 Å². The van der Waals surface area contributed by atoms with Crippen molar-refractivity contribution in [2.24, 2.45) is 0 Å². The first kappa shape index (κ1) is 29.5. The van der Waals surface area contributed by atoms with E-state index < -0.39 is 12.0 Å². The van der Waals surface area contributed by atoms with Crippen LogP contribution in [0.25, 0.3) is 0 Å².